The molecule has 2 aromatic carbocycles. The van der Waals surface area contributed by atoms with Gasteiger partial charge >= 0.3 is 6.03 Å². The summed E-state index contributed by atoms with van der Waals surface area (Å²) in [4.78, 5) is 24.7. The molecular formula is C20H19N3O4. The number of aromatic nitrogens is 1. The number of amides is 3. The summed E-state index contributed by atoms with van der Waals surface area (Å²) in [7, 11) is 0. The number of ether oxygens (including phenoxy) is 1. The Kier molecular flexibility index (Phi) is 4.50. The Bertz CT molecular complexity index is 994. The summed E-state index contributed by atoms with van der Waals surface area (Å²) in [6.07, 6.45) is 1.04. The van der Waals surface area contributed by atoms with Gasteiger partial charge in [-0.05, 0) is 24.6 Å². The second kappa shape index (κ2) is 7.11. The number of fused-ring (bicyclic) bond motifs is 1. The van der Waals surface area contributed by atoms with E-state index in [0.717, 1.165) is 6.42 Å². The molecule has 1 saturated heterocycles. The van der Waals surface area contributed by atoms with Gasteiger partial charge in [0.1, 0.15) is 5.75 Å². The van der Waals surface area contributed by atoms with Crippen molar-refractivity contribution in [2.24, 2.45) is 0 Å². The molecule has 27 heavy (non-hydrogen) atoms. The highest BCUT2D eigenvalue weighted by Crippen LogP contribution is 2.30. The average Bonchev–Trinajstić information content (AvgIpc) is 3.06. The average molecular weight is 365 g/mol. The van der Waals surface area contributed by atoms with Crippen LogP contribution in [0, 0.1) is 6.92 Å². The topological polar surface area (TPSA) is 84.7 Å². The van der Waals surface area contributed by atoms with Crippen LogP contribution in [-0.2, 0) is 11.2 Å². The van der Waals surface area contributed by atoms with Crippen molar-refractivity contribution in [1.82, 2.24) is 10.5 Å². The van der Waals surface area contributed by atoms with E-state index in [0.29, 0.717) is 29.1 Å². The van der Waals surface area contributed by atoms with E-state index in [1.807, 2.05) is 12.1 Å². The summed E-state index contributed by atoms with van der Waals surface area (Å²) in [6, 6.07) is 13.3. The van der Waals surface area contributed by atoms with Gasteiger partial charge in [0, 0.05) is 25.5 Å². The fourth-order valence-electron chi connectivity index (χ4n) is 3.00. The maximum atomic E-state index is 12.0. The molecule has 138 valence electrons. The van der Waals surface area contributed by atoms with Crippen LogP contribution in [0.1, 0.15) is 17.5 Å². The third-order valence-electron chi connectivity index (χ3n) is 4.51. The summed E-state index contributed by atoms with van der Waals surface area (Å²) < 4.78 is 11.2. The van der Waals surface area contributed by atoms with Crippen molar-refractivity contribution in [2.45, 2.75) is 19.8 Å². The second-order valence-corrected chi connectivity index (χ2v) is 6.50. The maximum absolute atomic E-state index is 12.0. The standard InChI is InChI=1S/C20H19N3O4/c1-13-2-4-14(5-3-13)9-11-26-15-6-7-16-17(12-15)27-22-19(16)23-10-8-18(24)21-20(23)25/h2-7,12H,8-11H2,1H3,(H,21,24,25). The van der Waals surface area contributed by atoms with Gasteiger partial charge in [0.15, 0.2) is 11.4 Å². The zero-order valence-corrected chi connectivity index (χ0v) is 14.9. The number of carbonyl (C=O) groups is 2. The molecule has 4 rings (SSSR count). The number of anilines is 1. The molecule has 0 aliphatic carbocycles. The molecule has 0 saturated carbocycles. The Hall–Kier alpha value is -3.35. The van der Waals surface area contributed by atoms with Crippen LogP contribution in [-0.4, -0.2) is 30.2 Å². The van der Waals surface area contributed by atoms with E-state index in [1.165, 1.54) is 16.0 Å². The molecule has 3 aromatic rings. The molecule has 0 unspecified atom stereocenters. The number of imide groups is 1. The number of aryl methyl sites for hydroxylation is 1. The molecule has 0 bridgehead atoms. The Morgan fingerprint density at radius 1 is 1.19 bits per heavy atom. The fraction of sp³-hybridized carbons (Fsp3) is 0.250. The number of rotatable bonds is 5. The van der Waals surface area contributed by atoms with Gasteiger partial charge in [-0.3, -0.25) is 15.0 Å². The molecule has 0 spiro atoms. The number of hydrogen-bond acceptors (Lipinski definition) is 5. The lowest BCUT2D eigenvalue weighted by molar-refractivity contribution is -0.120. The van der Waals surface area contributed by atoms with Crippen molar-refractivity contribution in [3.8, 4) is 5.75 Å². The van der Waals surface area contributed by atoms with Gasteiger partial charge in [-0.15, -0.1) is 0 Å². The van der Waals surface area contributed by atoms with Crippen molar-refractivity contribution in [2.75, 3.05) is 18.1 Å². The van der Waals surface area contributed by atoms with E-state index in [1.54, 1.807) is 6.07 Å². The Labute approximate surface area is 155 Å². The number of nitrogens with one attached hydrogen (secondary N) is 1. The molecule has 1 fully saturated rings. The van der Waals surface area contributed by atoms with Crippen LogP contribution >= 0.6 is 0 Å². The normalized spacial score (nSPS) is 14.5. The number of hydrogen-bond donors (Lipinski definition) is 1. The molecule has 3 amide bonds. The third kappa shape index (κ3) is 3.62. The molecule has 2 heterocycles. The predicted octanol–water partition coefficient (Wildman–Crippen LogP) is 3.20. The Balaban J connectivity index is 1.45. The number of benzene rings is 2. The van der Waals surface area contributed by atoms with E-state index in [2.05, 4.69) is 41.7 Å². The first kappa shape index (κ1) is 17.1. The number of urea groups is 1. The quantitative estimate of drug-likeness (QED) is 0.750. The molecule has 1 N–H and O–H groups in total. The van der Waals surface area contributed by atoms with E-state index in [9.17, 15) is 9.59 Å². The van der Waals surface area contributed by atoms with Crippen LogP contribution in [0.5, 0.6) is 5.75 Å². The Morgan fingerprint density at radius 3 is 2.78 bits per heavy atom. The number of carbonyl (C=O) groups excluding carboxylic acids is 2. The highest BCUT2D eigenvalue weighted by molar-refractivity contribution is 6.08. The van der Waals surface area contributed by atoms with E-state index in [-0.39, 0.29) is 18.9 Å². The first-order valence-electron chi connectivity index (χ1n) is 8.79. The molecular weight excluding hydrogens is 346 g/mol. The monoisotopic (exact) mass is 365 g/mol. The van der Waals surface area contributed by atoms with Gasteiger partial charge in [0.2, 0.25) is 5.91 Å². The van der Waals surface area contributed by atoms with Crippen molar-refractivity contribution >= 4 is 28.7 Å². The SMILES string of the molecule is Cc1ccc(CCOc2ccc3c(N4CCC(=O)NC4=O)noc3c2)cc1. The van der Waals surface area contributed by atoms with Gasteiger partial charge in [-0.1, -0.05) is 35.0 Å². The van der Waals surface area contributed by atoms with Gasteiger partial charge < -0.3 is 9.26 Å². The summed E-state index contributed by atoms with van der Waals surface area (Å²) in [5.41, 5.74) is 2.98. The van der Waals surface area contributed by atoms with Gasteiger partial charge in [-0.2, -0.15) is 0 Å². The van der Waals surface area contributed by atoms with Crippen molar-refractivity contribution < 1.29 is 18.8 Å². The molecule has 1 aliphatic rings. The lowest BCUT2D eigenvalue weighted by Crippen LogP contribution is -2.49. The highest BCUT2D eigenvalue weighted by atomic mass is 16.5. The maximum Gasteiger partial charge on any atom is 0.329 e. The summed E-state index contributed by atoms with van der Waals surface area (Å²) in [5, 5.41) is 6.98. The van der Waals surface area contributed by atoms with Gasteiger partial charge in [0.25, 0.3) is 0 Å². The van der Waals surface area contributed by atoms with Crippen molar-refractivity contribution in [3.63, 3.8) is 0 Å². The zero-order chi connectivity index (χ0) is 18.8. The molecule has 0 atom stereocenters. The predicted molar refractivity (Wildman–Crippen MR) is 99.9 cm³/mol. The molecule has 7 heteroatoms. The molecule has 1 aromatic heterocycles. The molecule has 1 aliphatic heterocycles. The first-order chi connectivity index (χ1) is 13.1. The zero-order valence-electron chi connectivity index (χ0n) is 14.9. The largest absolute Gasteiger partial charge is 0.493 e. The number of nitrogens with zero attached hydrogens (tertiary/aromatic N) is 2. The van der Waals surface area contributed by atoms with Crippen LogP contribution in [0.15, 0.2) is 47.0 Å². The van der Waals surface area contributed by atoms with Crippen LogP contribution < -0.4 is 15.0 Å². The second-order valence-electron chi connectivity index (χ2n) is 6.50. The summed E-state index contributed by atoms with van der Waals surface area (Å²) >= 11 is 0. The first-order valence-corrected chi connectivity index (χ1v) is 8.79. The van der Waals surface area contributed by atoms with E-state index >= 15 is 0 Å². The van der Waals surface area contributed by atoms with Crippen LogP contribution in [0.2, 0.25) is 0 Å². The minimum absolute atomic E-state index is 0.236. The lowest BCUT2D eigenvalue weighted by atomic mass is 10.1. The molecule has 0 radical (unpaired) electrons. The lowest BCUT2D eigenvalue weighted by Gasteiger charge is -2.24. The summed E-state index contributed by atoms with van der Waals surface area (Å²) in [6.45, 7) is 2.89. The van der Waals surface area contributed by atoms with Crippen molar-refractivity contribution in [3.05, 3.63) is 53.6 Å². The van der Waals surface area contributed by atoms with Crippen molar-refractivity contribution in [1.29, 1.82) is 0 Å². The fourth-order valence-corrected chi connectivity index (χ4v) is 3.00. The Morgan fingerprint density at radius 2 is 2.00 bits per heavy atom. The van der Waals surface area contributed by atoms with Gasteiger partial charge in [0.05, 0.1) is 12.0 Å². The highest BCUT2D eigenvalue weighted by Gasteiger charge is 2.28. The minimum atomic E-state index is -0.486. The van der Waals surface area contributed by atoms with Crippen LogP contribution in [0.4, 0.5) is 10.6 Å². The van der Waals surface area contributed by atoms with E-state index in [4.69, 9.17) is 9.26 Å². The minimum Gasteiger partial charge on any atom is -0.493 e. The smallest absolute Gasteiger partial charge is 0.329 e. The molecule has 7 nitrogen and oxygen atoms in total. The summed E-state index contributed by atoms with van der Waals surface area (Å²) in [5.74, 6) is 0.796. The van der Waals surface area contributed by atoms with Crippen LogP contribution in [0.3, 0.4) is 0 Å². The van der Waals surface area contributed by atoms with Crippen LogP contribution in [0.25, 0.3) is 11.0 Å². The van der Waals surface area contributed by atoms with Gasteiger partial charge in [-0.25, -0.2) is 4.79 Å². The van der Waals surface area contributed by atoms with E-state index < -0.39 is 6.03 Å². The third-order valence-corrected chi connectivity index (χ3v) is 4.51.